The number of ether oxygens (including phenoxy) is 1. The zero-order valence-electron chi connectivity index (χ0n) is 18.3. The first-order valence-electron chi connectivity index (χ1n) is 9.22. The van der Waals surface area contributed by atoms with E-state index in [1.54, 1.807) is 25.7 Å². The van der Waals surface area contributed by atoms with Crippen LogP contribution in [0.3, 0.4) is 0 Å². The summed E-state index contributed by atoms with van der Waals surface area (Å²) in [4.78, 5) is 1.57. The molecule has 0 radical (unpaired) electrons. The van der Waals surface area contributed by atoms with Crippen molar-refractivity contribution in [1.82, 2.24) is 4.90 Å². The van der Waals surface area contributed by atoms with Gasteiger partial charge in [0.05, 0.1) is 11.2 Å². The monoisotopic (exact) mass is 208 g/mol. The molecule has 1 aliphatic rings. The summed E-state index contributed by atoms with van der Waals surface area (Å²) in [6.07, 6.45) is 0. The normalized spacial score (nSPS) is 46.7. The molecule has 1 fully saturated rings. The van der Waals surface area contributed by atoms with Crippen LogP contribution in [0.5, 0.6) is 0 Å². The van der Waals surface area contributed by atoms with Gasteiger partial charge in [-0.3, -0.25) is 4.90 Å². The first kappa shape index (κ1) is 4.42. The van der Waals surface area contributed by atoms with E-state index in [1.165, 1.54) is 6.92 Å². The van der Waals surface area contributed by atoms with Crippen LogP contribution < -0.4 is 0 Å². The van der Waals surface area contributed by atoms with Gasteiger partial charge in [0.2, 0.25) is 0 Å². The van der Waals surface area contributed by atoms with Crippen molar-refractivity contribution in [3.8, 4) is 0 Å². The van der Waals surface area contributed by atoms with E-state index in [4.69, 9.17) is 17.1 Å². The van der Waals surface area contributed by atoms with Gasteiger partial charge in [0.1, 0.15) is 0 Å². The van der Waals surface area contributed by atoms with Gasteiger partial charge in [0.25, 0.3) is 0 Å². The molecule has 1 rings (SSSR count). The van der Waals surface area contributed by atoms with Crippen molar-refractivity contribution in [2.75, 3.05) is 13.1 Å². The lowest BCUT2D eigenvalue weighted by Gasteiger charge is -2.51. The zero-order valence-corrected chi connectivity index (χ0v) is 9.27. The molecule has 0 spiro atoms. The fourth-order valence-corrected chi connectivity index (χ4v) is 1.61. The van der Waals surface area contributed by atoms with Crippen molar-refractivity contribution >= 4 is 0 Å². The Morgan fingerprint density at radius 2 is 1.64 bits per heavy atom. The Bertz CT molecular complexity index is 431. The van der Waals surface area contributed by atoms with E-state index in [0.717, 1.165) is 0 Å². The van der Waals surface area contributed by atoms with Crippen LogP contribution in [-0.2, 0) is 4.74 Å². The molecule has 14 heavy (non-hydrogen) atoms. The van der Waals surface area contributed by atoms with Crippen molar-refractivity contribution in [3.63, 3.8) is 0 Å². The molecule has 0 aliphatic carbocycles. The number of morpholine rings is 1. The lowest BCUT2D eigenvalue weighted by molar-refractivity contribution is -0.194. The maximum absolute atomic E-state index is 7.74. The van der Waals surface area contributed by atoms with Crippen LogP contribution in [0.15, 0.2) is 0 Å². The van der Waals surface area contributed by atoms with Gasteiger partial charge in [-0.05, 0) is 48.3 Å². The standard InChI is InChI=1S/C12H25NO/c1-10(2,3)13-8-11(4,5)14-12(6,7)9-13/h8-9H2,1-7H3/i4D3,5D3,6D3. The molecule has 84 valence electrons. The summed E-state index contributed by atoms with van der Waals surface area (Å²) in [6.45, 7) is -2.56. The van der Waals surface area contributed by atoms with Gasteiger partial charge in [0.15, 0.2) is 0 Å². The van der Waals surface area contributed by atoms with Crippen molar-refractivity contribution in [3.05, 3.63) is 0 Å². The lowest BCUT2D eigenvalue weighted by atomic mass is 9.94. The Hall–Kier alpha value is -0.0800. The first-order valence-corrected chi connectivity index (χ1v) is 4.72. The summed E-state index contributed by atoms with van der Waals surface area (Å²) < 4.78 is 75.1. The highest BCUT2D eigenvalue weighted by Crippen LogP contribution is 2.31. The number of hydrogen-bond donors (Lipinski definition) is 0. The van der Waals surface area contributed by atoms with Gasteiger partial charge >= 0.3 is 0 Å². The van der Waals surface area contributed by atoms with E-state index in [1.807, 2.05) is 0 Å². The van der Waals surface area contributed by atoms with Crippen LogP contribution in [0.25, 0.3) is 0 Å². The third-order valence-corrected chi connectivity index (χ3v) is 2.25. The van der Waals surface area contributed by atoms with Crippen molar-refractivity contribution in [2.24, 2.45) is 0 Å². The molecule has 2 heteroatoms. The summed E-state index contributed by atoms with van der Waals surface area (Å²) in [5, 5.41) is 0. The molecule has 1 unspecified atom stereocenters. The van der Waals surface area contributed by atoms with E-state index < -0.39 is 43.8 Å². The highest BCUT2D eigenvalue weighted by atomic mass is 16.5. The van der Waals surface area contributed by atoms with Gasteiger partial charge in [-0.15, -0.1) is 0 Å². The summed E-state index contributed by atoms with van der Waals surface area (Å²) in [7, 11) is 0. The van der Waals surface area contributed by atoms with Gasteiger partial charge < -0.3 is 4.74 Å². The summed E-state index contributed by atoms with van der Waals surface area (Å²) in [6, 6.07) is 0. The van der Waals surface area contributed by atoms with E-state index >= 15 is 0 Å². The number of nitrogens with zero attached hydrogens (tertiary/aromatic N) is 1. The molecule has 1 atom stereocenters. The maximum atomic E-state index is 7.74. The quantitative estimate of drug-likeness (QED) is 0.607. The molecule has 0 bridgehead atoms. The molecule has 0 aromatic carbocycles. The van der Waals surface area contributed by atoms with Crippen LogP contribution in [0, 0.1) is 0 Å². The summed E-state index contributed by atoms with van der Waals surface area (Å²) >= 11 is 0. The molecule has 1 heterocycles. The smallest absolute Gasteiger partial charge is 0.0760 e. The minimum Gasteiger partial charge on any atom is -0.367 e. The Morgan fingerprint density at radius 1 is 1.14 bits per heavy atom. The SMILES string of the molecule is [2H]C([2H])([2H])C1(C)CN(C(C)(C)C)CC(C([2H])([2H])[2H])(C([2H])([2H])[2H])O1. The predicted molar refractivity (Wildman–Crippen MR) is 60.6 cm³/mol. The molecule has 0 aromatic heterocycles. The molecular weight excluding hydrogens is 174 g/mol. The number of rotatable bonds is 0. The second-order valence-corrected chi connectivity index (χ2v) is 5.19. The summed E-state index contributed by atoms with van der Waals surface area (Å²) in [5.74, 6) is 0. The second-order valence-electron chi connectivity index (χ2n) is 5.19. The topological polar surface area (TPSA) is 12.5 Å². The zero-order chi connectivity index (χ0) is 18.7. The molecule has 0 saturated carbocycles. The third-order valence-electron chi connectivity index (χ3n) is 2.25. The molecule has 2 nitrogen and oxygen atoms in total. The van der Waals surface area contributed by atoms with Crippen LogP contribution in [0.4, 0.5) is 0 Å². The Balaban J connectivity index is 3.58. The fourth-order valence-electron chi connectivity index (χ4n) is 1.61. The van der Waals surface area contributed by atoms with Crippen molar-refractivity contribution in [1.29, 1.82) is 0 Å². The van der Waals surface area contributed by atoms with Gasteiger partial charge in [-0.1, -0.05) is 0 Å². The Kier molecular flexibility index (Phi) is 1.01. The Morgan fingerprint density at radius 3 is 2.07 bits per heavy atom. The van der Waals surface area contributed by atoms with Crippen LogP contribution in [0.2, 0.25) is 0 Å². The molecule has 0 amide bonds. The van der Waals surface area contributed by atoms with E-state index in [2.05, 4.69) is 0 Å². The van der Waals surface area contributed by atoms with Crippen molar-refractivity contribution in [2.45, 2.75) is 65.0 Å². The minimum atomic E-state index is -3.01. The van der Waals surface area contributed by atoms with Gasteiger partial charge in [0, 0.05) is 31.0 Å². The maximum Gasteiger partial charge on any atom is 0.0760 e. The molecular formula is C12H25NO. The average molecular weight is 208 g/mol. The van der Waals surface area contributed by atoms with Crippen molar-refractivity contribution < 1.29 is 17.1 Å². The van der Waals surface area contributed by atoms with E-state index in [9.17, 15) is 0 Å². The van der Waals surface area contributed by atoms with Crippen LogP contribution in [-0.4, -0.2) is 34.7 Å². The fraction of sp³-hybridized carbons (Fsp3) is 1.00. The van der Waals surface area contributed by atoms with Crippen LogP contribution in [0.1, 0.15) is 60.6 Å². The van der Waals surface area contributed by atoms with Gasteiger partial charge in [-0.25, -0.2) is 0 Å². The molecule has 1 aliphatic heterocycles. The lowest BCUT2D eigenvalue weighted by Crippen LogP contribution is -2.61. The average Bonchev–Trinajstić information content (AvgIpc) is 2.22. The Labute approximate surface area is 101 Å². The highest BCUT2D eigenvalue weighted by molar-refractivity contribution is 4.93. The molecule has 1 saturated heterocycles. The summed E-state index contributed by atoms with van der Waals surface area (Å²) in [5.41, 5.74) is -5.08. The third kappa shape index (κ3) is 2.96. The van der Waals surface area contributed by atoms with E-state index in [-0.39, 0.29) is 6.54 Å². The molecule has 0 N–H and O–H groups in total. The highest BCUT2D eigenvalue weighted by Gasteiger charge is 2.41. The predicted octanol–water partition coefficient (Wildman–Crippen LogP) is 2.67. The minimum absolute atomic E-state index is 0.0824. The van der Waals surface area contributed by atoms with E-state index in [0.29, 0.717) is 0 Å². The second kappa shape index (κ2) is 3.21. The van der Waals surface area contributed by atoms with Crippen LogP contribution >= 0.6 is 0 Å². The number of hydrogen-bond acceptors (Lipinski definition) is 2. The van der Waals surface area contributed by atoms with Gasteiger partial charge in [-0.2, -0.15) is 0 Å². The first-order chi connectivity index (χ1) is 9.77. The molecule has 0 aromatic rings. The largest absolute Gasteiger partial charge is 0.367 e.